The van der Waals surface area contributed by atoms with Gasteiger partial charge in [0.15, 0.2) is 0 Å². The lowest BCUT2D eigenvalue weighted by Crippen LogP contribution is -2.30. The number of halogens is 1. The summed E-state index contributed by atoms with van der Waals surface area (Å²) in [5.74, 6) is -0.227. The van der Waals surface area contributed by atoms with Crippen LogP contribution in [-0.4, -0.2) is 27.4 Å². The summed E-state index contributed by atoms with van der Waals surface area (Å²) in [4.78, 5) is 18.3. The monoisotopic (exact) mass is 334 g/mol. The van der Waals surface area contributed by atoms with Crippen LogP contribution in [0.25, 0.3) is 0 Å². The van der Waals surface area contributed by atoms with E-state index in [1.54, 1.807) is 23.2 Å². The van der Waals surface area contributed by atoms with Crippen LogP contribution < -0.4 is 0 Å². The molecule has 1 amide bonds. The Bertz CT molecular complexity index is 602. The third-order valence-corrected chi connectivity index (χ3v) is 3.43. The summed E-state index contributed by atoms with van der Waals surface area (Å²) in [6.45, 7) is 2.86. The molecule has 0 atom stereocenters. The van der Waals surface area contributed by atoms with Crippen LogP contribution in [0.15, 0.2) is 47.1 Å². The Morgan fingerprint density at radius 1 is 1.35 bits per heavy atom. The molecule has 0 saturated carbocycles. The van der Waals surface area contributed by atoms with Crippen molar-refractivity contribution in [1.82, 2.24) is 9.88 Å². The van der Waals surface area contributed by atoms with Crippen molar-refractivity contribution in [1.29, 1.82) is 0 Å². The van der Waals surface area contributed by atoms with Crippen molar-refractivity contribution in [3.05, 3.63) is 58.3 Å². The molecule has 2 rings (SSSR count). The fraction of sp³-hybridized carbons (Fsp3) is 0.200. The highest BCUT2D eigenvalue weighted by Gasteiger charge is 2.18. The molecule has 0 bridgehead atoms. The molecular weight excluding hydrogens is 320 g/mol. The first kappa shape index (κ1) is 14.5. The molecule has 0 spiro atoms. The maximum absolute atomic E-state index is 12.5. The van der Waals surface area contributed by atoms with E-state index in [0.29, 0.717) is 13.1 Å². The number of pyridine rings is 1. The van der Waals surface area contributed by atoms with Crippen molar-refractivity contribution < 1.29 is 9.90 Å². The number of carbonyl (C=O) groups excluding carboxylic acids is 1. The molecule has 1 aromatic carbocycles. The zero-order valence-electron chi connectivity index (χ0n) is 11.1. The van der Waals surface area contributed by atoms with Gasteiger partial charge in [-0.2, -0.15) is 0 Å². The van der Waals surface area contributed by atoms with E-state index >= 15 is 0 Å². The number of aromatic hydroxyl groups is 1. The highest BCUT2D eigenvalue weighted by atomic mass is 79.9. The molecule has 0 aliphatic rings. The fourth-order valence-electron chi connectivity index (χ4n) is 1.86. The lowest BCUT2D eigenvalue weighted by molar-refractivity contribution is 0.0747. The summed E-state index contributed by atoms with van der Waals surface area (Å²) in [6, 6.07) is 10.4. The van der Waals surface area contributed by atoms with E-state index < -0.39 is 0 Å². The molecule has 0 aliphatic carbocycles. The largest absolute Gasteiger partial charge is 0.507 e. The predicted molar refractivity (Wildman–Crippen MR) is 80.5 cm³/mol. The Hall–Kier alpha value is -1.88. The van der Waals surface area contributed by atoms with E-state index in [9.17, 15) is 9.90 Å². The lowest BCUT2D eigenvalue weighted by Gasteiger charge is -2.21. The van der Waals surface area contributed by atoms with Crippen LogP contribution in [0, 0.1) is 0 Å². The summed E-state index contributed by atoms with van der Waals surface area (Å²) in [6.07, 6.45) is 1.70. The van der Waals surface area contributed by atoms with Crippen molar-refractivity contribution in [2.24, 2.45) is 0 Å². The van der Waals surface area contributed by atoms with Crippen LogP contribution in [0.2, 0.25) is 0 Å². The van der Waals surface area contributed by atoms with Gasteiger partial charge in [0, 0.05) is 17.2 Å². The van der Waals surface area contributed by atoms with E-state index in [1.165, 1.54) is 6.07 Å². The number of phenols is 1. The molecule has 0 radical (unpaired) electrons. The second-order valence-corrected chi connectivity index (χ2v) is 5.22. The van der Waals surface area contributed by atoms with Gasteiger partial charge in [-0.05, 0) is 37.3 Å². The van der Waals surface area contributed by atoms with E-state index in [1.807, 2.05) is 25.1 Å². The van der Waals surface area contributed by atoms with Gasteiger partial charge in [0.05, 0.1) is 17.8 Å². The van der Waals surface area contributed by atoms with E-state index in [-0.39, 0.29) is 17.2 Å². The molecule has 2 aromatic rings. The smallest absolute Gasteiger partial charge is 0.257 e. The number of rotatable bonds is 4. The predicted octanol–water partition coefficient (Wildman–Crippen LogP) is 3.21. The Morgan fingerprint density at radius 2 is 2.15 bits per heavy atom. The summed E-state index contributed by atoms with van der Waals surface area (Å²) in [5, 5.41) is 9.83. The molecule has 0 unspecified atom stereocenters. The summed E-state index contributed by atoms with van der Waals surface area (Å²) < 4.78 is 0.757. The van der Waals surface area contributed by atoms with E-state index in [2.05, 4.69) is 20.9 Å². The first-order valence-electron chi connectivity index (χ1n) is 6.29. The van der Waals surface area contributed by atoms with Gasteiger partial charge in [0.25, 0.3) is 5.91 Å². The maximum atomic E-state index is 12.5. The third-order valence-electron chi connectivity index (χ3n) is 2.94. The average Bonchev–Trinajstić information content (AvgIpc) is 2.47. The molecule has 0 aliphatic heterocycles. The molecule has 0 fully saturated rings. The Balaban J connectivity index is 2.23. The molecule has 0 saturated heterocycles. The highest BCUT2D eigenvalue weighted by molar-refractivity contribution is 9.10. The van der Waals surface area contributed by atoms with Gasteiger partial charge in [0.2, 0.25) is 0 Å². The van der Waals surface area contributed by atoms with Gasteiger partial charge in [-0.1, -0.05) is 22.0 Å². The number of hydrogen-bond acceptors (Lipinski definition) is 3. The Morgan fingerprint density at radius 3 is 2.80 bits per heavy atom. The number of aromatic nitrogens is 1. The number of nitrogens with zero attached hydrogens (tertiary/aromatic N) is 2. The van der Waals surface area contributed by atoms with Gasteiger partial charge < -0.3 is 10.0 Å². The first-order valence-corrected chi connectivity index (χ1v) is 7.08. The number of phenolic OH excluding ortho intramolecular Hbond substituents is 1. The topological polar surface area (TPSA) is 53.4 Å². The zero-order chi connectivity index (χ0) is 14.5. The van der Waals surface area contributed by atoms with Crippen molar-refractivity contribution in [2.45, 2.75) is 13.5 Å². The van der Waals surface area contributed by atoms with Crippen LogP contribution >= 0.6 is 15.9 Å². The van der Waals surface area contributed by atoms with Crippen LogP contribution in [0.1, 0.15) is 23.0 Å². The highest BCUT2D eigenvalue weighted by Crippen LogP contribution is 2.23. The summed E-state index contributed by atoms with van der Waals surface area (Å²) in [5.41, 5.74) is 1.11. The first-order chi connectivity index (χ1) is 9.61. The molecule has 104 valence electrons. The SMILES string of the molecule is CCN(Cc1ccccn1)C(=O)c1cc(Br)ccc1O. The Kier molecular flexibility index (Phi) is 4.74. The quantitative estimate of drug-likeness (QED) is 0.933. The number of hydrogen-bond donors (Lipinski definition) is 1. The van der Waals surface area contributed by atoms with Gasteiger partial charge in [0.1, 0.15) is 5.75 Å². The van der Waals surface area contributed by atoms with Crippen molar-refractivity contribution in [3.8, 4) is 5.75 Å². The zero-order valence-corrected chi connectivity index (χ0v) is 12.7. The summed E-state index contributed by atoms with van der Waals surface area (Å²) >= 11 is 3.31. The van der Waals surface area contributed by atoms with E-state index in [0.717, 1.165) is 10.2 Å². The van der Waals surface area contributed by atoms with Gasteiger partial charge in [-0.25, -0.2) is 0 Å². The number of benzene rings is 1. The normalized spacial score (nSPS) is 10.3. The molecule has 1 N–H and O–H groups in total. The second-order valence-electron chi connectivity index (χ2n) is 4.30. The van der Waals surface area contributed by atoms with Crippen molar-refractivity contribution in [2.75, 3.05) is 6.54 Å². The number of carbonyl (C=O) groups is 1. The lowest BCUT2D eigenvalue weighted by atomic mass is 10.1. The molecule has 1 heterocycles. The van der Waals surface area contributed by atoms with E-state index in [4.69, 9.17) is 0 Å². The minimum atomic E-state index is -0.211. The maximum Gasteiger partial charge on any atom is 0.257 e. The molecular formula is C15H15BrN2O2. The van der Waals surface area contributed by atoms with Crippen LogP contribution in [-0.2, 0) is 6.54 Å². The van der Waals surface area contributed by atoms with Gasteiger partial charge in [-0.15, -0.1) is 0 Å². The fourth-order valence-corrected chi connectivity index (χ4v) is 2.23. The Labute approximate surface area is 126 Å². The molecule has 20 heavy (non-hydrogen) atoms. The van der Waals surface area contributed by atoms with Crippen molar-refractivity contribution in [3.63, 3.8) is 0 Å². The molecule has 5 heteroatoms. The average molecular weight is 335 g/mol. The third kappa shape index (κ3) is 3.36. The van der Waals surface area contributed by atoms with Crippen molar-refractivity contribution >= 4 is 21.8 Å². The summed E-state index contributed by atoms with van der Waals surface area (Å²) in [7, 11) is 0. The van der Waals surface area contributed by atoms with Crippen LogP contribution in [0.3, 0.4) is 0 Å². The van der Waals surface area contributed by atoms with Gasteiger partial charge in [-0.3, -0.25) is 9.78 Å². The molecule has 1 aromatic heterocycles. The van der Waals surface area contributed by atoms with Crippen LogP contribution in [0.4, 0.5) is 0 Å². The van der Waals surface area contributed by atoms with Crippen LogP contribution in [0.5, 0.6) is 5.75 Å². The second kappa shape index (κ2) is 6.52. The molecule has 4 nitrogen and oxygen atoms in total. The minimum absolute atomic E-state index is 0.0160. The minimum Gasteiger partial charge on any atom is -0.507 e. The van der Waals surface area contributed by atoms with Gasteiger partial charge >= 0.3 is 0 Å². The standard InChI is InChI=1S/C15H15BrN2O2/c1-2-18(10-12-5-3-4-8-17-12)15(20)13-9-11(16)6-7-14(13)19/h3-9,19H,2,10H2,1H3. The number of amides is 1.